The van der Waals surface area contributed by atoms with E-state index in [4.69, 9.17) is 0 Å². The molecule has 0 aliphatic heterocycles. The van der Waals surface area contributed by atoms with Gasteiger partial charge in [0.2, 0.25) is 0 Å². The zero-order valence-corrected chi connectivity index (χ0v) is 11.6. The van der Waals surface area contributed by atoms with Crippen molar-refractivity contribution in [1.29, 1.82) is 0 Å². The third kappa shape index (κ3) is 57.3. The van der Waals surface area contributed by atoms with Gasteiger partial charge >= 0.3 is 19.5 Å². The number of allylic oxidation sites excluding steroid dienone is 4. The molecule has 83 valence electrons. The predicted octanol–water partition coefficient (Wildman–Crippen LogP) is 4.26. The van der Waals surface area contributed by atoms with E-state index in [0.29, 0.717) is 11.8 Å². The van der Waals surface area contributed by atoms with Crippen molar-refractivity contribution in [3.63, 3.8) is 0 Å². The third-order valence-corrected chi connectivity index (χ3v) is 0.586. The molecule has 0 nitrogen and oxygen atoms in total. The van der Waals surface area contributed by atoms with Crippen LogP contribution in [0.25, 0.3) is 0 Å². The number of hydrogen-bond donors (Lipinski definition) is 0. The van der Waals surface area contributed by atoms with Crippen LogP contribution in [0, 0.1) is 31.8 Å². The summed E-state index contributed by atoms with van der Waals surface area (Å²) < 4.78 is 0. The third-order valence-electron chi connectivity index (χ3n) is 0.586. The minimum Gasteiger partial charge on any atom is -0.341 e. The van der Waals surface area contributed by atoms with Crippen molar-refractivity contribution in [2.24, 2.45) is 11.8 Å². The maximum Gasteiger partial charge on any atom is 3.00 e. The Hall–Kier alpha value is 0.103. The standard InChI is InChI=1S/C5H5.2C4H9.Ru/c1-2-4-5-3-1;2*1-4(2)3;/h1-3H,4H2;2*4H,1H2,2-3H3;/q3*-1;+3. The Kier molecular flexibility index (Phi) is 21.8. The predicted molar refractivity (Wildman–Crippen MR) is 62.0 cm³/mol. The summed E-state index contributed by atoms with van der Waals surface area (Å²) in [5.74, 6) is 1.17. The van der Waals surface area contributed by atoms with E-state index >= 15 is 0 Å². The summed E-state index contributed by atoms with van der Waals surface area (Å²) in [5, 5.41) is 0. The second-order valence-corrected chi connectivity index (χ2v) is 3.79. The van der Waals surface area contributed by atoms with Crippen LogP contribution in [0.15, 0.2) is 18.2 Å². The van der Waals surface area contributed by atoms with Crippen LogP contribution in [0.4, 0.5) is 0 Å². The molecule has 0 spiro atoms. The molecule has 0 saturated heterocycles. The maximum atomic E-state index is 3.64. The summed E-state index contributed by atoms with van der Waals surface area (Å²) in [6.45, 7) is 15.5. The Morgan fingerprint density at radius 2 is 1.43 bits per heavy atom. The number of rotatable bonds is 0. The van der Waals surface area contributed by atoms with Gasteiger partial charge in [-0.15, -0.1) is 6.42 Å². The normalized spacial score (nSPS) is 11.4. The van der Waals surface area contributed by atoms with E-state index in [9.17, 15) is 0 Å². The van der Waals surface area contributed by atoms with Crippen molar-refractivity contribution < 1.29 is 19.5 Å². The average Bonchev–Trinajstić information content (AvgIpc) is 2.35. The van der Waals surface area contributed by atoms with Crippen LogP contribution < -0.4 is 0 Å². The van der Waals surface area contributed by atoms with Crippen LogP contribution >= 0.6 is 0 Å². The van der Waals surface area contributed by atoms with E-state index in [2.05, 4.69) is 53.7 Å². The molecule has 0 aromatic heterocycles. The van der Waals surface area contributed by atoms with E-state index < -0.39 is 0 Å². The fourth-order valence-corrected chi connectivity index (χ4v) is 0.340. The summed E-state index contributed by atoms with van der Waals surface area (Å²) in [6.07, 6.45) is 10.0. The molecule has 0 saturated carbocycles. The Balaban J connectivity index is -0.000000127. The molecule has 0 aromatic carbocycles. The van der Waals surface area contributed by atoms with Crippen LogP contribution in [-0.2, 0) is 19.5 Å². The van der Waals surface area contributed by atoms with Crippen molar-refractivity contribution in [2.45, 2.75) is 34.1 Å². The van der Waals surface area contributed by atoms with E-state index in [1.54, 1.807) is 0 Å². The topological polar surface area (TPSA) is 0 Å². The molecule has 1 radical (unpaired) electrons. The van der Waals surface area contributed by atoms with Gasteiger partial charge in [0.15, 0.2) is 0 Å². The molecule has 1 rings (SSSR count). The van der Waals surface area contributed by atoms with Crippen LogP contribution in [0.1, 0.15) is 34.1 Å². The van der Waals surface area contributed by atoms with Gasteiger partial charge in [-0.3, -0.25) is 6.08 Å². The molecule has 0 fully saturated rings. The maximum absolute atomic E-state index is 3.64. The van der Waals surface area contributed by atoms with Crippen LogP contribution in [0.5, 0.6) is 0 Å². The molecule has 1 aliphatic carbocycles. The van der Waals surface area contributed by atoms with Crippen LogP contribution in [-0.4, -0.2) is 0 Å². The molecule has 0 unspecified atom stereocenters. The Morgan fingerprint density at radius 3 is 1.50 bits per heavy atom. The van der Waals surface area contributed by atoms with Crippen molar-refractivity contribution in [1.82, 2.24) is 0 Å². The molecule has 0 bridgehead atoms. The second-order valence-electron chi connectivity index (χ2n) is 3.79. The summed E-state index contributed by atoms with van der Waals surface area (Å²) in [6, 6.07) is 0. The largest absolute Gasteiger partial charge is 3.00 e. The van der Waals surface area contributed by atoms with E-state index in [1.165, 1.54) is 0 Å². The molecule has 14 heavy (non-hydrogen) atoms. The summed E-state index contributed by atoms with van der Waals surface area (Å²) >= 11 is 0. The van der Waals surface area contributed by atoms with Crippen molar-refractivity contribution in [3.8, 4) is 0 Å². The molecule has 0 aromatic rings. The number of hydrogen-bond acceptors (Lipinski definition) is 0. The monoisotopic (exact) mass is 281 g/mol. The Bertz CT molecular complexity index is 111. The Morgan fingerprint density at radius 1 is 1.07 bits per heavy atom. The molecular weight excluding hydrogens is 257 g/mol. The van der Waals surface area contributed by atoms with Gasteiger partial charge in [0.05, 0.1) is 0 Å². The van der Waals surface area contributed by atoms with Crippen LogP contribution in [0.2, 0.25) is 0 Å². The molecule has 0 heterocycles. The molecule has 1 heteroatoms. The van der Waals surface area contributed by atoms with E-state index in [0.717, 1.165) is 6.42 Å². The molecule has 1 aliphatic rings. The Labute approximate surface area is 104 Å². The van der Waals surface area contributed by atoms with Gasteiger partial charge in [-0.1, -0.05) is 27.7 Å². The molecule has 0 amide bonds. The van der Waals surface area contributed by atoms with E-state index in [1.807, 2.05) is 12.2 Å². The fraction of sp³-hybridized carbons (Fsp3) is 0.538. The van der Waals surface area contributed by atoms with Crippen molar-refractivity contribution in [3.05, 3.63) is 38.2 Å². The van der Waals surface area contributed by atoms with Crippen molar-refractivity contribution >= 4 is 0 Å². The van der Waals surface area contributed by atoms with Gasteiger partial charge in [-0.05, 0) is 0 Å². The molecule has 0 N–H and O–H groups in total. The van der Waals surface area contributed by atoms with Crippen molar-refractivity contribution in [2.75, 3.05) is 0 Å². The first kappa shape index (κ1) is 19.6. The van der Waals surface area contributed by atoms with Gasteiger partial charge in [0.1, 0.15) is 0 Å². The second kappa shape index (κ2) is 15.6. The quantitative estimate of drug-likeness (QED) is 0.459. The first-order valence-electron chi connectivity index (χ1n) is 4.84. The zero-order valence-electron chi connectivity index (χ0n) is 9.86. The zero-order chi connectivity index (χ0) is 10.7. The summed E-state index contributed by atoms with van der Waals surface area (Å²) in [5.41, 5.74) is 0. The van der Waals surface area contributed by atoms with Gasteiger partial charge in [-0.2, -0.15) is 17.9 Å². The first-order valence-corrected chi connectivity index (χ1v) is 4.84. The average molecular weight is 280 g/mol. The van der Waals surface area contributed by atoms with Crippen LogP contribution in [0.3, 0.4) is 0 Å². The van der Waals surface area contributed by atoms with Gasteiger partial charge in [-0.25, -0.2) is 12.2 Å². The van der Waals surface area contributed by atoms with Gasteiger partial charge < -0.3 is 13.8 Å². The molecule has 0 atom stereocenters. The summed E-state index contributed by atoms with van der Waals surface area (Å²) in [7, 11) is 0. The minimum atomic E-state index is 0. The fourth-order valence-electron chi connectivity index (χ4n) is 0.340. The first-order chi connectivity index (χ1) is 5.96. The smallest absolute Gasteiger partial charge is 0.341 e. The van der Waals surface area contributed by atoms with Gasteiger partial charge in [0, 0.05) is 0 Å². The SMILES string of the molecule is [C-]1=CC=CC1.[CH2-]C(C)C.[CH2-]C(C)C.[Ru+3]. The van der Waals surface area contributed by atoms with Gasteiger partial charge in [0.25, 0.3) is 0 Å². The summed E-state index contributed by atoms with van der Waals surface area (Å²) in [4.78, 5) is 0. The molecular formula is C13H23Ru. The minimum absolute atomic E-state index is 0. The van der Waals surface area contributed by atoms with E-state index in [-0.39, 0.29) is 19.5 Å².